The van der Waals surface area contributed by atoms with Gasteiger partial charge in [0.15, 0.2) is 0 Å². The van der Waals surface area contributed by atoms with Gasteiger partial charge in [-0.1, -0.05) is 25.1 Å². The van der Waals surface area contributed by atoms with Crippen molar-refractivity contribution in [3.05, 3.63) is 29.3 Å². The SMILES string of the molecule is CC1CC(=O)NN=C1c1cccc2c1N(C)C(=O)CC2. The van der Waals surface area contributed by atoms with Crippen molar-refractivity contribution in [2.45, 2.75) is 26.2 Å². The Balaban J connectivity index is 2.12. The Labute approximate surface area is 117 Å². The number of fused-ring (bicyclic) bond motifs is 1. The van der Waals surface area contributed by atoms with E-state index in [0.717, 1.165) is 28.9 Å². The predicted molar refractivity (Wildman–Crippen MR) is 76.6 cm³/mol. The first-order chi connectivity index (χ1) is 9.58. The highest BCUT2D eigenvalue weighted by Gasteiger charge is 2.29. The maximum absolute atomic E-state index is 11.9. The number of benzene rings is 1. The molecule has 2 aliphatic rings. The molecule has 3 rings (SSSR count). The molecule has 0 spiro atoms. The number of hydrogen-bond donors (Lipinski definition) is 1. The lowest BCUT2D eigenvalue weighted by Gasteiger charge is -2.30. The average molecular weight is 271 g/mol. The quantitative estimate of drug-likeness (QED) is 0.840. The van der Waals surface area contributed by atoms with E-state index in [1.807, 2.05) is 19.1 Å². The van der Waals surface area contributed by atoms with Crippen molar-refractivity contribution in [1.82, 2.24) is 5.43 Å². The number of amides is 2. The van der Waals surface area contributed by atoms with Crippen molar-refractivity contribution in [3.8, 4) is 0 Å². The van der Waals surface area contributed by atoms with Gasteiger partial charge in [0.05, 0.1) is 11.4 Å². The predicted octanol–water partition coefficient (Wildman–Crippen LogP) is 1.46. The first-order valence-electron chi connectivity index (χ1n) is 6.83. The van der Waals surface area contributed by atoms with Crippen LogP contribution in [0.3, 0.4) is 0 Å². The molecule has 0 aromatic heterocycles. The highest BCUT2D eigenvalue weighted by Crippen LogP contribution is 2.33. The van der Waals surface area contributed by atoms with Gasteiger partial charge in [0.25, 0.3) is 0 Å². The summed E-state index contributed by atoms with van der Waals surface area (Å²) >= 11 is 0. The lowest BCUT2D eigenvalue weighted by Crippen LogP contribution is -2.36. The van der Waals surface area contributed by atoms with Gasteiger partial charge < -0.3 is 4.90 Å². The Bertz CT molecular complexity index is 622. The van der Waals surface area contributed by atoms with Crippen molar-refractivity contribution in [1.29, 1.82) is 0 Å². The maximum atomic E-state index is 11.9. The molecule has 1 N–H and O–H groups in total. The number of hydrogen-bond acceptors (Lipinski definition) is 3. The monoisotopic (exact) mass is 271 g/mol. The number of nitrogens with zero attached hydrogens (tertiary/aromatic N) is 2. The number of aryl methyl sites for hydroxylation is 1. The third kappa shape index (κ3) is 1.99. The van der Waals surface area contributed by atoms with Crippen molar-refractivity contribution in [3.63, 3.8) is 0 Å². The van der Waals surface area contributed by atoms with Crippen LogP contribution in [0.1, 0.15) is 30.9 Å². The minimum atomic E-state index is -0.0597. The molecule has 5 nitrogen and oxygen atoms in total. The number of rotatable bonds is 1. The summed E-state index contributed by atoms with van der Waals surface area (Å²) < 4.78 is 0. The van der Waals surface area contributed by atoms with Gasteiger partial charge in [-0.05, 0) is 12.0 Å². The lowest BCUT2D eigenvalue weighted by atomic mass is 9.89. The third-order valence-corrected chi connectivity index (χ3v) is 3.97. The number of anilines is 1. The highest BCUT2D eigenvalue weighted by atomic mass is 16.2. The van der Waals surface area contributed by atoms with Crippen LogP contribution in [0, 0.1) is 5.92 Å². The molecule has 0 saturated heterocycles. The molecule has 0 saturated carbocycles. The van der Waals surface area contributed by atoms with Crippen molar-refractivity contribution in [2.75, 3.05) is 11.9 Å². The van der Waals surface area contributed by atoms with Gasteiger partial charge in [-0.2, -0.15) is 5.10 Å². The zero-order chi connectivity index (χ0) is 14.3. The van der Waals surface area contributed by atoms with Gasteiger partial charge in [-0.15, -0.1) is 0 Å². The van der Waals surface area contributed by atoms with E-state index < -0.39 is 0 Å². The number of carbonyl (C=O) groups excluding carboxylic acids is 2. The molecular weight excluding hydrogens is 254 g/mol. The molecule has 0 aliphatic carbocycles. The summed E-state index contributed by atoms with van der Waals surface area (Å²) in [4.78, 5) is 25.0. The molecule has 0 radical (unpaired) electrons. The molecule has 1 aromatic carbocycles. The first kappa shape index (κ1) is 12.8. The standard InChI is InChI=1S/C15H17N3O2/c1-9-8-12(19)16-17-14(9)11-5-3-4-10-6-7-13(20)18(2)15(10)11/h3-5,9H,6-8H2,1-2H3,(H,16,19). The average Bonchev–Trinajstić information content (AvgIpc) is 2.43. The zero-order valence-electron chi connectivity index (χ0n) is 11.6. The van der Waals surface area contributed by atoms with Gasteiger partial charge in [0.2, 0.25) is 11.8 Å². The van der Waals surface area contributed by atoms with E-state index in [0.29, 0.717) is 12.8 Å². The van der Waals surface area contributed by atoms with Crippen LogP contribution in [0.15, 0.2) is 23.3 Å². The third-order valence-electron chi connectivity index (χ3n) is 3.97. The van der Waals surface area contributed by atoms with E-state index in [9.17, 15) is 9.59 Å². The summed E-state index contributed by atoms with van der Waals surface area (Å²) in [6.07, 6.45) is 1.74. The van der Waals surface area contributed by atoms with Gasteiger partial charge in [-0.3, -0.25) is 9.59 Å². The topological polar surface area (TPSA) is 61.8 Å². The fourth-order valence-electron chi connectivity index (χ4n) is 2.91. The molecule has 0 bridgehead atoms. The summed E-state index contributed by atoms with van der Waals surface area (Å²) in [5.41, 5.74) is 6.44. The van der Waals surface area contributed by atoms with Gasteiger partial charge in [0, 0.05) is 31.4 Å². The van der Waals surface area contributed by atoms with Crippen LogP contribution in [-0.4, -0.2) is 24.6 Å². The molecule has 2 amide bonds. The van der Waals surface area contributed by atoms with Gasteiger partial charge in [0.1, 0.15) is 0 Å². The fourth-order valence-corrected chi connectivity index (χ4v) is 2.91. The summed E-state index contributed by atoms with van der Waals surface area (Å²) in [5, 5.41) is 4.21. The summed E-state index contributed by atoms with van der Waals surface area (Å²) in [5.74, 6) is 0.120. The normalized spacial score (nSPS) is 22.2. The van der Waals surface area contributed by atoms with Crippen LogP contribution in [0.25, 0.3) is 0 Å². The molecule has 2 heterocycles. The molecule has 2 aliphatic heterocycles. The van der Waals surface area contributed by atoms with Crippen LogP contribution in [0.5, 0.6) is 0 Å². The maximum Gasteiger partial charge on any atom is 0.240 e. The smallest absolute Gasteiger partial charge is 0.240 e. The second-order valence-corrected chi connectivity index (χ2v) is 5.40. The van der Waals surface area contributed by atoms with Gasteiger partial charge >= 0.3 is 0 Å². The summed E-state index contributed by atoms with van der Waals surface area (Å²) in [6, 6.07) is 6.01. The molecule has 0 fully saturated rings. The molecule has 1 atom stereocenters. The van der Waals surface area contributed by atoms with Crippen LogP contribution in [0.4, 0.5) is 5.69 Å². The second-order valence-electron chi connectivity index (χ2n) is 5.40. The zero-order valence-corrected chi connectivity index (χ0v) is 11.6. The Morgan fingerprint density at radius 3 is 2.85 bits per heavy atom. The van der Waals surface area contributed by atoms with Gasteiger partial charge in [-0.25, -0.2) is 5.43 Å². The number of nitrogens with one attached hydrogen (secondary N) is 1. The number of hydrazone groups is 1. The molecule has 5 heteroatoms. The minimum absolute atomic E-state index is 0.0562. The molecular formula is C15H17N3O2. The van der Waals surface area contributed by atoms with E-state index in [1.165, 1.54) is 0 Å². The van der Waals surface area contributed by atoms with Crippen molar-refractivity contribution < 1.29 is 9.59 Å². The fraction of sp³-hybridized carbons (Fsp3) is 0.400. The first-order valence-corrected chi connectivity index (χ1v) is 6.83. The largest absolute Gasteiger partial charge is 0.315 e. The molecule has 1 aromatic rings. The minimum Gasteiger partial charge on any atom is -0.315 e. The van der Waals surface area contributed by atoms with Crippen molar-refractivity contribution in [2.24, 2.45) is 11.0 Å². The molecule has 1 unspecified atom stereocenters. The van der Waals surface area contributed by atoms with E-state index in [4.69, 9.17) is 0 Å². The Kier molecular flexibility index (Phi) is 3.04. The summed E-state index contributed by atoms with van der Waals surface area (Å²) in [6.45, 7) is 1.99. The van der Waals surface area contributed by atoms with E-state index in [1.54, 1.807) is 11.9 Å². The number of carbonyl (C=O) groups is 2. The van der Waals surface area contributed by atoms with E-state index in [-0.39, 0.29) is 17.7 Å². The van der Waals surface area contributed by atoms with Crippen LogP contribution in [0.2, 0.25) is 0 Å². The lowest BCUT2D eigenvalue weighted by molar-refractivity contribution is -0.122. The number of para-hydroxylation sites is 1. The Morgan fingerprint density at radius 1 is 1.30 bits per heavy atom. The molecule has 104 valence electrons. The molecule has 20 heavy (non-hydrogen) atoms. The Hall–Kier alpha value is -2.17. The Morgan fingerprint density at radius 2 is 2.10 bits per heavy atom. The van der Waals surface area contributed by atoms with E-state index in [2.05, 4.69) is 16.6 Å². The van der Waals surface area contributed by atoms with E-state index >= 15 is 0 Å². The second kappa shape index (κ2) is 4.74. The van der Waals surface area contributed by atoms with Crippen LogP contribution in [-0.2, 0) is 16.0 Å². The highest BCUT2D eigenvalue weighted by molar-refractivity contribution is 6.12. The van der Waals surface area contributed by atoms with Crippen LogP contribution < -0.4 is 10.3 Å². The summed E-state index contributed by atoms with van der Waals surface area (Å²) in [7, 11) is 1.80. The van der Waals surface area contributed by atoms with Crippen LogP contribution >= 0.6 is 0 Å². The van der Waals surface area contributed by atoms with Crippen molar-refractivity contribution >= 4 is 23.2 Å².